The van der Waals surface area contributed by atoms with Gasteiger partial charge in [-0.2, -0.15) is 4.31 Å². The highest BCUT2D eigenvalue weighted by Crippen LogP contribution is 2.29. The zero-order valence-corrected chi connectivity index (χ0v) is 16.0. The normalized spacial score (nSPS) is 16.4. The van der Waals surface area contributed by atoms with Gasteiger partial charge in [-0.1, -0.05) is 44.2 Å². The van der Waals surface area contributed by atoms with E-state index in [0.717, 1.165) is 18.7 Å². The molecular weight excluding hydrogens is 332 g/mol. The van der Waals surface area contributed by atoms with E-state index in [1.165, 1.54) is 11.3 Å². The van der Waals surface area contributed by atoms with E-state index in [1.807, 2.05) is 13.0 Å². The van der Waals surface area contributed by atoms with Crippen molar-refractivity contribution in [1.29, 1.82) is 0 Å². The van der Waals surface area contributed by atoms with Crippen LogP contribution >= 0.6 is 0 Å². The molecule has 0 unspecified atom stereocenters. The number of nitrogens with zero attached hydrogens (tertiary/aromatic N) is 2. The Kier molecular flexibility index (Phi) is 5.16. The molecule has 5 heteroatoms. The van der Waals surface area contributed by atoms with Gasteiger partial charge in [-0.3, -0.25) is 0 Å². The van der Waals surface area contributed by atoms with Crippen LogP contribution in [0.3, 0.4) is 0 Å². The van der Waals surface area contributed by atoms with Crippen LogP contribution in [0.25, 0.3) is 0 Å². The molecule has 1 aliphatic rings. The molecule has 0 radical (unpaired) electrons. The fraction of sp³-hybridized carbons (Fsp3) is 0.400. The van der Waals surface area contributed by atoms with Crippen molar-refractivity contribution in [2.45, 2.75) is 31.6 Å². The highest BCUT2D eigenvalue weighted by Gasteiger charge is 2.29. The summed E-state index contributed by atoms with van der Waals surface area (Å²) in [5, 5.41) is 0. The largest absolute Gasteiger partial charge is 0.369 e. The summed E-state index contributed by atoms with van der Waals surface area (Å²) >= 11 is 0. The minimum atomic E-state index is -3.41. The molecule has 0 bridgehead atoms. The second-order valence-corrected chi connectivity index (χ2v) is 8.86. The van der Waals surface area contributed by atoms with Crippen LogP contribution in [0, 0.1) is 6.92 Å². The summed E-state index contributed by atoms with van der Waals surface area (Å²) in [5.74, 6) is 0.449. The fourth-order valence-corrected chi connectivity index (χ4v) is 4.89. The molecule has 2 aromatic carbocycles. The molecule has 25 heavy (non-hydrogen) atoms. The van der Waals surface area contributed by atoms with E-state index in [2.05, 4.69) is 43.0 Å². The maximum Gasteiger partial charge on any atom is 0.243 e. The Hall–Kier alpha value is -1.85. The number of anilines is 1. The van der Waals surface area contributed by atoms with Gasteiger partial charge in [-0.15, -0.1) is 0 Å². The molecule has 0 atom stereocenters. The molecule has 0 saturated carbocycles. The van der Waals surface area contributed by atoms with Crippen LogP contribution in [0.1, 0.15) is 30.9 Å². The maximum atomic E-state index is 12.9. The van der Waals surface area contributed by atoms with E-state index >= 15 is 0 Å². The molecule has 1 heterocycles. The summed E-state index contributed by atoms with van der Waals surface area (Å²) in [6.45, 7) is 8.77. The number of hydrogen-bond acceptors (Lipinski definition) is 3. The molecule has 0 N–H and O–H groups in total. The second-order valence-electron chi connectivity index (χ2n) is 6.92. The lowest BCUT2D eigenvalue weighted by Gasteiger charge is -2.36. The van der Waals surface area contributed by atoms with Crippen molar-refractivity contribution < 1.29 is 8.42 Å². The average molecular weight is 359 g/mol. The topological polar surface area (TPSA) is 40.6 Å². The van der Waals surface area contributed by atoms with Crippen molar-refractivity contribution in [3.63, 3.8) is 0 Å². The summed E-state index contributed by atoms with van der Waals surface area (Å²) in [4.78, 5) is 2.70. The Bertz CT molecular complexity index is 838. The molecule has 0 aliphatic carbocycles. The van der Waals surface area contributed by atoms with Gasteiger partial charge < -0.3 is 4.90 Å². The van der Waals surface area contributed by atoms with Gasteiger partial charge in [0.1, 0.15) is 0 Å². The highest BCUT2D eigenvalue weighted by atomic mass is 32.2. The standard InChI is InChI=1S/C20H26N2O2S/c1-16(2)19-9-4-5-10-20(19)21-11-13-22(14-12-21)25(23,24)18-8-6-7-17(3)15-18/h4-10,15-16H,11-14H2,1-3H3. The third-order valence-corrected chi connectivity index (χ3v) is 6.66. The monoisotopic (exact) mass is 358 g/mol. The molecule has 2 aromatic rings. The first-order chi connectivity index (χ1) is 11.9. The Morgan fingerprint density at radius 2 is 1.60 bits per heavy atom. The third-order valence-electron chi connectivity index (χ3n) is 4.77. The van der Waals surface area contributed by atoms with Gasteiger partial charge in [-0.25, -0.2) is 8.42 Å². The molecule has 0 spiro atoms. The van der Waals surface area contributed by atoms with Crippen LogP contribution in [-0.2, 0) is 10.0 Å². The lowest BCUT2D eigenvalue weighted by atomic mass is 10.00. The first-order valence-corrected chi connectivity index (χ1v) is 10.2. The van der Waals surface area contributed by atoms with Crippen molar-refractivity contribution >= 4 is 15.7 Å². The zero-order chi connectivity index (χ0) is 18.0. The smallest absolute Gasteiger partial charge is 0.243 e. The van der Waals surface area contributed by atoms with Crippen LogP contribution in [0.15, 0.2) is 53.4 Å². The highest BCUT2D eigenvalue weighted by molar-refractivity contribution is 7.89. The number of sulfonamides is 1. The van der Waals surface area contributed by atoms with E-state index in [-0.39, 0.29) is 0 Å². The van der Waals surface area contributed by atoms with Gasteiger partial charge in [0.05, 0.1) is 4.90 Å². The Labute approximate surface area is 151 Å². The van der Waals surface area contributed by atoms with E-state index in [9.17, 15) is 8.42 Å². The molecule has 1 aliphatic heterocycles. The summed E-state index contributed by atoms with van der Waals surface area (Å²) in [5.41, 5.74) is 3.51. The molecule has 1 fully saturated rings. The maximum absolute atomic E-state index is 12.9. The van der Waals surface area contributed by atoms with E-state index in [1.54, 1.807) is 22.5 Å². The van der Waals surface area contributed by atoms with Crippen LogP contribution in [0.5, 0.6) is 0 Å². The Balaban J connectivity index is 1.76. The Morgan fingerprint density at radius 1 is 0.920 bits per heavy atom. The number of aryl methyl sites for hydroxylation is 1. The van der Waals surface area contributed by atoms with Gasteiger partial charge >= 0.3 is 0 Å². The fourth-order valence-electron chi connectivity index (χ4n) is 3.36. The van der Waals surface area contributed by atoms with Gasteiger partial charge in [0.2, 0.25) is 10.0 Å². The summed E-state index contributed by atoms with van der Waals surface area (Å²) in [7, 11) is -3.41. The van der Waals surface area contributed by atoms with Crippen molar-refractivity contribution in [3.8, 4) is 0 Å². The van der Waals surface area contributed by atoms with Crippen molar-refractivity contribution in [2.75, 3.05) is 31.1 Å². The number of rotatable bonds is 4. The average Bonchev–Trinajstić information content (AvgIpc) is 2.62. The van der Waals surface area contributed by atoms with E-state index in [0.29, 0.717) is 23.9 Å². The van der Waals surface area contributed by atoms with Crippen LogP contribution < -0.4 is 4.90 Å². The second kappa shape index (κ2) is 7.18. The summed E-state index contributed by atoms with van der Waals surface area (Å²) in [6, 6.07) is 15.6. The van der Waals surface area contributed by atoms with E-state index in [4.69, 9.17) is 0 Å². The van der Waals surface area contributed by atoms with Gasteiger partial charge in [0.25, 0.3) is 0 Å². The first-order valence-electron chi connectivity index (χ1n) is 8.80. The van der Waals surface area contributed by atoms with Crippen LogP contribution in [0.4, 0.5) is 5.69 Å². The number of benzene rings is 2. The minimum Gasteiger partial charge on any atom is -0.369 e. The van der Waals surface area contributed by atoms with Crippen LogP contribution in [0.2, 0.25) is 0 Å². The molecule has 3 rings (SSSR count). The molecule has 134 valence electrons. The molecule has 1 saturated heterocycles. The molecule has 4 nitrogen and oxygen atoms in total. The van der Waals surface area contributed by atoms with Crippen LogP contribution in [-0.4, -0.2) is 38.9 Å². The van der Waals surface area contributed by atoms with Gasteiger partial charge in [0.15, 0.2) is 0 Å². The summed E-state index contributed by atoms with van der Waals surface area (Å²) in [6.07, 6.45) is 0. The minimum absolute atomic E-state index is 0.392. The lowest BCUT2D eigenvalue weighted by Crippen LogP contribution is -2.48. The SMILES string of the molecule is Cc1cccc(S(=O)(=O)N2CCN(c3ccccc3C(C)C)CC2)c1. The Morgan fingerprint density at radius 3 is 2.24 bits per heavy atom. The molecular formula is C20H26N2O2S. The molecule has 0 amide bonds. The van der Waals surface area contributed by atoms with Crippen molar-refractivity contribution in [1.82, 2.24) is 4.31 Å². The third kappa shape index (κ3) is 3.72. The van der Waals surface area contributed by atoms with Gasteiger partial charge in [0, 0.05) is 31.9 Å². The quantitative estimate of drug-likeness (QED) is 0.838. The lowest BCUT2D eigenvalue weighted by molar-refractivity contribution is 0.384. The molecule has 0 aromatic heterocycles. The van der Waals surface area contributed by atoms with E-state index < -0.39 is 10.0 Å². The number of piperazine rings is 1. The van der Waals surface area contributed by atoms with Gasteiger partial charge in [-0.05, 0) is 42.2 Å². The predicted octanol–water partition coefficient (Wildman–Crippen LogP) is 3.63. The zero-order valence-electron chi connectivity index (χ0n) is 15.1. The van der Waals surface area contributed by atoms with Crippen molar-refractivity contribution in [2.24, 2.45) is 0 Å². The number of para-hydroxylation sites is 1. The van der Waals surface area contributed by atoms with Crippen molar-refractivity contribution in [3.05, 3.63) is 59.7 Å². The predicted molar refractivity (Wildman–Crippen MR) is 103 cm³/mol. The first kappa shape index (κ1) is 18.0. The number of hydrogen-bond donors (Lipinski definition) is 0. The summed E-state index contributed by atoms with van der Waals surface area (Å²) < 4.78 is 27.3.